The van der Waals surface area contributed by atoms with Crippen LogP contribution in [-0.2, 0) is 38.0 Å². The van der Waals surface area contributed by atoms with Crippen molar-refractivity contribution in [1.29, 1.82) is 0 Å². The first-order chi connectivity index (χ1) is 29.3. The largest absolute Gasteiger partial charge is 0.497 e. The molecule has 7 rings (SSSR count). The van der Waals surface area contributed by atoms with Gasteiger partial charge in [-0.15, -0.1) is 0 Å². The molecule has 0 spiro atoms. The number of fused-ring (bicyclic) bond motifs is 5. The van der Waals surface area contributed by atoms with Gasteiger partial charge in [-0.05, 0) is 98.3 Å². The molecular formula is C48H70O14. The fourth-order valence-electron chi connectivity index (χ4n) is 12.4. The lowest BCUT2D eigenvalue weighted by Gasteiger charge is -2.59. The van der Waals surface area contributed by atoms with Gasteiger partial charge in [-0.25, -0.2) is 4.79 Å². The first-order valence-corrected chi connectivity index (χ1v) is 22.9. The van der Waals surface area contributed by atoms with Crippen LogP contribution in [0.15, 0.2) is 35.9 Å². The molecule has 0 amide bonds. The lowest BCUT2D eigenvalue weighted by molar-refractivity contribution is -0.333. The van der Waals surface area contributed by atoms with E-state index in [1.807, 2.05) is 6.92 Å². The van der Waals surface area contributed by atoms with E-state index in [2.05, 4.69) is 33.8 Å². The van der Waals surface area contributed by atoms with E-state index < -0.39 is 78.0 Å². The average Bonchev–Trinajstić information content (AvgIpc) is 3.47. The molecule has 0 aromatic heterocycles. The van der Waals surface area contributed by atoms with Gasteiger partial charge in [0.25, 0.3) is 0 Å². The molecule has 17 atom stereocenters. The van der Waals surface area contributed by atoms with E-state index in [0.717, 1.165) is 32.1 Å². The van der Waals surface area contributed by atoms with Crippen LogP contribution in [0.4, 0.5) is 0 Å². The van der Waals surface area contributed by atoms with Crippen molar-refractivity contribution in [2.75, 3.05) is 20.3 Å². The number of rotatable bonds is 13. The van der Waals surface area contributed by atoms with Crippen LogP contribution in [0.1, 0.15) is 117 Å². The Morgan fingerprint density at radius 2 is 1.58 bits per heavy atom. The predicted molar refractivity (Wildman–Crippen MR) is 224 cm³/mol. The van der Waals surface area contributed by atoms with Crippen molar-refractivity contribution in [1.82, 2.24) is 0 Å². The number of aliphatic hydroxyl groups excluding tert-OH is 3. The van der Waals surface area contributed by atoms with Gasteiger partial charge < -0.3 is 53.6 Å². The molecule has 2 heterocycles. The normalized spacial score (nSPS) is 42.1. The average molecular weight is 871 g/mol. The smallest absolute Gasteiger partial charge is 0.338 e. The lowest BCUT2D eigenvalue weighted by Crippen LogP contribution is -2.62. The Morgan fingerprint density at radius 3 is 2.26 bits per heavy atom. The molecular weight excluding hydrogens is 801 g/mol. The number of allylic oxidation sites excluding steroid dienone is 1. The zero-order chi connectivity index (χ0) is 44.9. The third-order valence-corrected chi connectivity index (χ3v) is 16.1. The SMILES string of the molecule is COc1ccc(C(=O)OC2C(OC3C(O)COC(O[C@H]4C[C@H]5[C@@H]6CC=C7C[C@@H](OC(C)=O)CC[C@]7(C)C6CC[C@]5(C)[C@@]4(O)[C@H](C)C(=O)CCC(C)C)C3C)OCC(O)C2O)cc1. The van der Waals surface area contributed by atoms with Crippen molar-refractivity contribution in [3.63, 3.8) is 0 Å². The summed E-state index contributed by atoms with van der Waals surface area (Å²) in [6, 6.07) is 6.21. The molecule has 14 nitrogen and oxygen atoms in total. The van der Waals surface area contributed by atoms with Crippen molar-refractivity contribution in [2.45, 2.75) is 167 Å². The second-order valence-electron chi connectivity index (χ2n) is 20.1. The zero-order valence-corrected chi connectivity index (χ0v) is 37.7. The van der Waals surface area contributed by atoms with Gasteiger partial charge in [0.05, 0.1) is 38.1 Å². The van der Waals surface area contributed by atoms with E-state index in [4.69, 9.17) is 33.2 Å². The van der Waals surface area contributed by atoms with Crippen LogP contribution in [0.5, 0.6) is 5.75 Å². The molecule has 1 aromatic rings. The highest BCUT2D eigenvalue weighted by atomic mass is 16.7. The van der Waals surface area contributed by atoms with Crippen LogP contribution in [0.3, 0.4) is 0 Å². The second-order valence-corrected chi connectivity index (χ2v) is 20.1. The van der Waals surface area contributed by atoms with Gasteiger partial charge in [0.15, 0.2) is 18.7 Å². The lowest BCUT2D eigenvalue weighted by atomic mass is 9.46. The number of aliphatic hydroxyl groups is 4. The highest BCUT2D eigenvalue weighted by molar-refractivity contribution is 5.89. The van der Waals surface area contributed by atoms with Gasteiger partial charge in [0.2, 0.25) is 0 Å². The summed E-state index contributed by atoms with van der Waals surface area (Å²) in [5.74, 6) is -0.980. The minimum absolute atomic E-state index is 0.0000414. The Hall–Kier alpha value is -2.95. The number of Topliss-reactive ketones (excluding diaryl/α,β-unsaturated/α-hetero) is 1. The molecule has 6 aliphatic rings. The molecule has 2 saturated heterocycles. The number of ether oxygens (including phenoxy) is 7. The zero-order valence-electron chi connectivity index (χ0n) is 37.7. The van der Waals surface area contributed by atoms with Crippen molar-refractivity contribution in [3.8, 4) is 5.75 Å². The van der Waals surface area contributed by atoms with Crippen LogP contribution in [0.25, 0.3) is 0 Å². The van der Waals surface area contributed by atoms with Crippen LogP contribution < -0.4 is 4.74 Å². The summed E-state index contributed by atoms with van der Waals surface area (Å²) >= 11 is 0. The summed E-state index contributed by atoms with van der Waals surface area (Å²) in [5.41, 5.74) is -0.740. The molecule has 62 heavy (non-hydrogen) atoms. The van der Waals surface area contributed by atoms with E-state index in [9.17, 15) is 34.8 Å². The van der Waals surface area contributed by atoms with E-state index >= 15 is 0 Å². The fourth-order valence-corrected chi connectivity index (χ4v) is 12.4. The molecule has 4 N–H and O–H groups in total. The van der Waals surface area contributed by atoms with Crippen molar-refractivity contribution in [2.24, 2.45) is 46.3 Å². The fraction of sp³-hybridized carbons (Fsp3) is 0.771. The van der Waals surface area contributed by atoms with E-state index in [-0.39, 0.29) is 53.9 Å². The molecule has 3 saturated carbocycles. The summed E-state index contributed by atoms with van der Waals surface area (Å²) < 4.78 is 41.9. The van der Waals surface area contributed by atoms with Crippen molar-refractivity contribution >= 4 is 17.7 Å². The monoisotopic (exact) mass is 870 g/mol. The summed E-state index contributed by atoms with van der Waals surface area (Å²) in [6.45, 7) is 13.3. The molecule has 346 valence electrons. The highest BCUT2D eigenvalue weighted by Gasteiger charge is 2.70. The summed E-state index contributed by atoms with van der Waals surface area (Å²) in [6.07, 6.45) is -1.02. The number of carbonyl (C=O) groups excluding carboxylic acids is 3. The summed E-state index contributed by atoms with van der Waals surface area (Å²) in [7, 11) is 1.50. The minimum Gasteiger partial charge on any atom is -0.497 e. The minimum atomic E-state index is -1.55. The third kappa shape index (κ3) is 8.64. The van der Waals surface area contributed by atoms with Crippen molar-refractivity contribution < 1.29 is 68.0 Å². The molecule has 1 aromatic carbocycles. The van der Waals surface area contributed by atoms with Gasteiger partial charge in [0.1, 0.15) is 41.5 Å². The van der Waals surface area contributed by atoms with E-state index in [1.165, 1.54) is 31.7 Å². The van der Waals surface area contributed by atoms with Gasteiger partial charge in [-0.1, -0.05) is 53.2 Å². The van der Waals surface area contributed by atoms with Gasteiger partial charge >= 0.3 is 11.9 Å². The molecule has 5 fully saturated rings. The number of methoxy groups -OCH3 is 1. The van der Waals surface area contributed by atoms with E-state index in [0.29, 0.717) is 43.3 Å². The Morgan fingerprint density at radius 1 is 0.887 bits per heavy atom. The quantitative estimate of drug-likeness (QED) is 0.147. The molecule has 4 aliphatic carbocycles. The molecule has 0 radical (unpaired) electrons. The van der Waals surface area contributed by atoms with Gasteiger partial charge in [-0.3, -0.25) is 9.59 Å². The molecule has 2 aliphatic heterocycles. The number of esters is 2. The van der Waals surface area contributed by atoms with Crippen LogP contribution >= 0.6 is 0 Å². The molecule has 9 unspecified atom stereocenters. The molecule has 14 heteroatoms. The predicted octanol–water partition coefficient (Wildman–Crippen LogP) is 5.30. The number of hydrogen-bond donors (Lipinski definition) is 4. The standard InChI is InChI=1S/C48H70O14/c1-25(2)9-16-36(50)27(4)48(55)39(22-35-33-15-12-30-21-32(59-28(5)49)17-19-46(30,6)34(33)18-20-47(35,48)7)60-44-26(3)41(38(52)24-57-44)62-45-42(40(53)37(51)23-58-45)61-43(54)29-10-13-31(56-8)14-11-29/h10-14,25-27,32-35,37-42,44-45,51-53,55H,9,15-24H2,1-8H3/t26?,27-,32+,33-,34?,35+,37?,38?,39+,40?,41?,42?,44?,45?,46+,47+,48-/m1/s1. The molecule has 0 bridgehead atoms. The Labute approximate surface area is 365 Å². The first-order valence-electron chi connectivity index (χ1n) is 22.9. The second kappa shape index (κ2) is 18.5. The maximum Gasteiger partial charge on any atom is 0.338 e. The number of carbonyl (C=O) groups is 3. The maximum absolute atomic E-state index is 14.1. The Balaban J connectivity index is 1.13. The van der Waals surface area contributed by atoms with Crippen LogP contribution in [0.2, 0.25) is 0 Å². The number of hydrogen-bond acceptors (Lipinski definition) is 14. The van der Waals surface area contributed by atoms with Gasteiger partial charge in [0, 0.05) is 37.0 Å². The van der Waals surface area contributed by atoms with Crippen molar-refractivity contribution in [3.05, 3.63) is 41.5 Å². The third-order valence-electron chi connectivity index (χ3n) is 16.1. The van der Waals surface area contributed by atoms with Crippen LogP contribution in [-0.4, -0.2) is 119 Å². The Bertz CT molecular complexity index is 1800. The van der Waals surface area contributed by atoms with E-state index in [1.54, 1.807) is 19.1 Å². The maximum atomic E-state index is 14.1. The topological polar surface area (TPSA) is 197 Å². The van der Waals surface area contributed by atoms with Crippen LogP contribution in [0, 0.1) is 46.3 Å². The summed E-state index contributed by atoms with van der Waals surface area (Å²) in [4.78, 5) is 39.2. The highest BCUT2D eigenvalue weighted by Crippen LogP contribution is 2.69. The number of benzene rings is 1. The summed E-state index contributed by atoms with van der Waals surface area (Å²) in [5, 5.41) is 46.3. The first kappa shape index (κ1) is 47.0. The Kier molecular flexibility index (Phi) is 14.0. The van der Waals surface area contributed by atoms with Gasteiger partial charge in [-0.2, -0.15) is 0 Å². The number of ketones is 1.